The zero-order chi connectivity index (χ0) is 12.3. The van der Waals surface area contributed by atoms with Crippen LogP contribution in [-0.2, 0) is 6.42 Å². The fourth-order valence-electron chi connectivity index (χ4n) is 2.20. The molecule has 0 N–H and O–H groups in total. The first kappa shape index (κ1) is 13.0. The van der Waals surface area contributed by atoms with Gasteiger partial charge in [0, 0.05) is 0 Å². The molecule has 0 heterocycles. The van der Waals surface area contributed by atoms with Crippen molar-refractivity contribution < 1.29 is 0 Å². The van der Waals surface area contributed by atoms with Crippen LogP contribution >= 0.6 is 0 Å². The molecule has 0 fully saturated rings. The van der Waals surface area contributed by atoms with Crippen LogP contribution in [0.5, 0.6) is 0 Å². The largest absolute Gasteiger partial charge is 0.0882 e. The maximum atomic E-state index is 3.82. The third-order valence-corrected chi connectivity index (χ3v) is 3.81. The lowest BCUT2D eigenvalue weighted by molar-refractivity contribution is 1.08. The van der Waals surface area contributed by atoms with Crippen molar-refractivity contribution in [1.82, 2.24) is 0 Å². The second kappa shape index (κ2) is 5.34. The summed E-state index contributed by atoms with van der Waals surface area (Å²) in [6, 6.07) is 0. The monoisotopic (exact) mass is 215 g/mol. The summed E-state index contributed by atoms with van der Waals surface area (Å²) in [6.45, 7) is 15.0. The van der Waals surface area contributed by atoms with E-state index in [2.05, 4.69) is 53.7 Å². The van der Waals surface area contributed by atoms with Gasteiger partial charge in [-0.05, 0) is 87.8 Å². The van der Waals surface area contributed by atoms with E-state index in [9.17, 15) is 0 Å². The zero-order valence-corrected chi connectivity index (χ0v) is 11.3. The minimum atomic E-state index is 0.877. The van der Waals surface area contributed by atoms with Crippen LogP contribution in [0.4, 0.5) is 0 Å². The molecule has 1 aromatic rings. The average Bonchev–Trinajstić information content (AvgIpc) is 2.28. The van der Waals surface area contributed by atoms with E-state index in [1.54, 1.807) is 0 Å². The lowest BCUT2D eigenvalue weighted by atomic mass is 9.88. The highest BCUT2D eigenvalue weighted by atomic mass is 14.2. The van der Waals surface area contributed by atoms with Crippen molar-refractivity contribution in [3.63, 3.8) is 0 Å². The van der Waals surface area contributed by atoms with Gasteiger partial charge in [-0.3, -0.25) is 0 Å². The molecule has 0 aliphatic heterocycles. The third kappa shape index (κ3) is 2.37. The zero-order valence-electron chi connectivity index (χ0n) is 11.3. The number of hydrogen-bond donors (Lipinski definition) is 0. The molecule has 1 rings (SSSR count). The maximum Gasteiger partial charge on any atom is -0.00920 e. The molecule has 0 nitrogen and oxygen atoms in total. The molecule has 1 aromatic carbocycles. The van der Waals surface area contributed by atoms with E-state index in [1.165, 1.54) is 33.4 Å². The van der Waals surface area contributed by atoms with Crippen LogP contribution in [0.25, 0.3) is 0 Å². The predicted octanol–water partition coefficient (Wildman–Crippen LogP) is 4.55. The van der Waals surface area contributed by atoms with E-state index in [1.807, 2.05) is 0 Å². The predicted molar refractivity (Wildman–Crippen MR) is 72.9 cm³/mol. The number of hydrogen-bond acceptors (Lipinski definition) is 0. The minimum absolute atomic E-state index is 0.877. The summed E-state index contributed by atoms with van der Waals surface area (Å²) < 4.78 is 0. The Labute approximate surface area is 100 Å². The van der Waals surface area contributed by atoms with Gasteiger partial charge in [0.15, 0.2) is 0 Å². The normalized spacial score (nSPS) is 11.4. The summed E-state index contributed by atoms with van der Waals surface area (Å²) in [4.78, 5) is 0. The summed E-state index contributed by atoms with van der Waals surface area (Å²) in [7, 11) is 0. The van der Waals surface area contributed by atoms with Crippen molar-refractivity contribution in [2.45, 2.75) is 47.5 Å². The van der Waals surface area contributed by atoms with Gasteiger partial charge in [-0.2, -0.15) is 0 Å². The van der Waals surface area contributed by atoms with E-state index in [0.717, 1.165) is 12.8 Å². The van der Waals surface area contributed by atoms with Gasteiger partial charge in [0.2, 0.25) is 0 Å². The van der Waals surface area contributed by atoms with Crippen LogP contribution < -0.4 is 0 Å². The second-order valence-electron chi connectivity index (χ2n) is 4.57. The highest BCUT2D eigenvalue weighted by Gasteiger charge is 2.10. The van der Waals surface area contributed by atoms with Crippen molar-refractivity contribution in [2.75, 3.05) is 0 Å². The molecule has 0 unspecified atom stereocenters. The summed E-state index contributed by atoms with van der Waals surface area (Å²) in [5.74, 6) is 0. The molecule has 0 amide bonds. The highest BCUT2D eigenvalue weighted by molar-refractivity contribution is 5.50. The van der Waals surface area contributed by atoms with Crippen LogP contribution in [0.2, 0.25) is 0 Å². The fraction of sp³-hybridized carbons (Fsp3) is 0.438. The van der Waals surface area contributed by atoms with Gasteiger partial charge in [-0.25, -0.2) is 0 Å². The molecule has 0 bridgehead atoms. The van der Waals surface area contributed by atoms with Crippen LogP contribution in [0.3, 0.4) is 0 Å². The molecule has 16 heavy (non-hydrogen) atoms. The van der Waals surface area contributed by atoms with Crippen molar-refractivity contribution in [3.8, 4) is 0 Å². The lowest BCUT2D eigenvalue weighted by Gasteiger charge is -2.17. The Kier molecular flexibility index (Phi) is 4.35. The SMILES string of the molecule is [CH2]CC=CCc1c(C)c(C)c(C)c(C)c1C. The summed E-state index contributed by atoms with van der Waals surface area (Å²) in [5.41, 5.74) is 8.73. The Morgan fingerprint density at radius 3 is 1.62 bits per heavy atom. The number of rotatable bonds is 3. The van der Waals surface area contributed by atoms with E-state index in [0.29, 0.717) is 0 Å². The molecule has 0 aliphatic rings. The maximum absolute atomic E-state index is 3.82. The standard InChI is InChI=1S/C16H23/c1-7-8-9-10-16-14(5)12(3)11(2)13(4)15(16)6/h8-9H,1,7,10H2,2-6H3. The topological polar surface area (TPSA) is 0 Å². The van der Waals surface area contributed by atoms with Gasteiger partial charge in [0.05, 0.1) is 0 Å². The second-order valence-corrected chi connectivity index (χ2v) is 4.57. The van der Waals surface area contributed by atoms with Crippen molar-refractivity contribution >= 4 is 0 Å². The Hall–Kier alpha value is -1.04. The molecule has 0 aliphatic carbocycles. The van der Waals surface area contributed by atoms with E-state index in [-0.39, 0.29) is 0 Å². The quantitative estimate of drug-likeness (QED) is 0.649. The minimum Gasteiger partial charge on any atom is -0.0882 e. The smallest absolute Gasteiger partial charge is 0.00920 e. The summed E-state index contributed by atoms with van der Waals surface area (Å²) in [5, 5.41) is 0. The molecule has 0 saturated heterocycles. The van der Waals surface area contributed by atoms with Crippen LogP contribution in [0.15, 0.2) is 12.2 Å². The van der Waals surface area contributed by atoms with Gasteiger partial charge < -0.3 is 0 Å². The average molecular weight is 215 g/mol. The van der Waals surface area contributed by atoms with Crippen LogP contribution in [0, 0.1) is 41.5 Å². The highest BCUT2D eigenvalue weighted by Crippen LogP contribution is 2.26. The molecule has 0 aromatic heterocycles. The van der Waals surface area contributed by atoms with Gasteiger partial charge in [-0.15, -0.1) is 0 Å². The van der Waals surface area contributed by atoms with E-state index in [4.69, 9.17) is 0 Å². The Balaban J connectivity index is 3.23. The van der Waals surface area contributed by atoms with Crippen LogP contribution in [-0.4, -0.2) is 0 Å². The van der Waals surface area contributed by atoms with Crippen LogP contribution in [0.1, 0.15) is 39.8 Å². The Morgan fingerprint density at radius 2 is 1.19 bits per heavy atom. The molecule has 0 saturated carbocycles. The van der Waals surface area contributed by atoms with Gasteiger partial charge in [0.25, 0.3) is 0 Å². The number of benzene rings is 1. The van der Waals surface area contributed by atoms with E-state index >= 15 is 0 Å². The van der Waals surface area contributed by atoms with Crippen molar-refractivity contribution in [2.24, 2.45) is 0 Å². The molecule has 0 heteroatoms. The molecule has 87 valence electrons. The van der Waals surface area contributed by atoms with Crippen molar-refractivity contribution in [1.29, 1.82) is 0 Å². The summed E-state index contributed by atoms with van der Waals surface area (Å²) >= 11 is 0. The Morgan fingerprint density at radius 1 is 0.750 bits per heavy atom. The summed E-state index contributed by atoms with van der Waals surface area (Å²) in [6.07, 6.45) is 6.29. The van der Waals surface area contributed by atoms with Gasteiger partial charge in [-0.1, -0.05) is 12.2 Å². The van der Waals surface area contributed by atoms with Gasteiger partial charge >= 0.3 is 0 Å². The van der Waals surface area contributed by atoms with Crippen molar-refractivity contribution in [3.05, 3.63) is 52.5 Å². The Bertz CT molecular complexity index is 380. The fourth-order valence-corrected chi connectivity index (χ4v) is 2.20. The molecular formula is C16H23. The lowest BCUT2D eigenvalue weighted by Crippen LogP contribution is -2.01. The first-order valence-electron chi connectivity index (χ1n) is 6.00. The third-order valence-electron chi connectivity index (χ3n) is 3.81. The molecular weight excluding hydrogens is 192 g/mol. The first-order valence-corrected chi connectivity index (χ1v) is 6.00. The molecule has 0 spiro atoms. The molecule has 0 atom stereocenters. The van der Waals surface area contributed by atoms with Gasteiger partial charge in [0.1, 0.15) is 0 Å². The molecule has 1 radical (unpaired) electrons. The number of allylic oxidation sites excluding steroid dienone is 2. The van der Waals surface area contributed by atoms with E-state index < -0.39 is 0 Å². The first-order chi connectivity index (χ1) is 7.50.